The first-order valence-electron chi connectivity index (χ1n) is 7.23. The van der Waals surface area contributed by atoms with E-state index in [-0.39, 0.29) is 5.75 Å². The molecule has 0 aromatic heterocycles. The van der Waals surface area contributed by atoms with E-state index in [2.05, 4.69) is 0 Å². The van der Waals surface area contributed by atoms with Crippen molar-refractivity contribution in [3.63, 3.8) is 0 Å². The summed E-state index contributed by atoms with van der Waals surface area (Å²) >= 11 is 0. The number of para-hydroxylation sites is 1. The molecule has 114 valence electrons. The summed E-state index contributed by atoms with van der Waals surface area (Å²) < 4.78 is 12.0. The summed E-state index contributed by atoms with van der Waals surface area (Å²) in [4.78, 5) is 0. The Labute approximate surface area is 127 Å². The molecule has 0 radical (unpaired) electrons. The molecule has 1 aliphatic rings. The predicted molar refractivity (Wildman–Crippen MR) is 86.0 cm³/mol. The van der Waals surface area contributed by atoms with Crippen molar-refractivity contribution in [2.24, 2.45) is 5.73 Å². The van der Waals surface area contributed by atoms with E-state index in [0.717, 1.165) is 16.6 Å². The van der Waals surface area contributed by atoms with Gasteiger partial charge in [-0.2, -0.15) is 0 Å². The van der Waals surface area contributed by atoms with Gasteiger partial charge in [-0.1, -0.05) is 24.3 Å². The maximum Gasteiger partial charge on any atom is 0.491 e. The highest BCUT2D eigenvalue weighted by molar-refractivity contribution is 6.55. The SMILES string of the molecule is Cc1cccc(C=C(CN)B2OC(C)(C)C(C)(C)O2)c1O. The van der Waals surface area contributed by atoms with E-state index in [1.807, 2.05) is 58.9 Å². The van der Waals surface area contributed by atoms with Crippen LogP contribution in [0.1, 0.15) is 38.8 Å². The molecule has 1 heterocycles. The smallest absolute Gasteiger partial charge is 0.491 e. The Morgan fingerprint density at radius 3 is 2.33 bits per heavy atom. The van der Waals surface area contributed by atoms with Gasteiger partial charge >= 0.3 is 7.12 Å². The number of phenols is 1. The Morgan fingerprint density at radius 1 is 1.24 bits per heavy atom. The number of nitrogens with two attached hydrogens (primary N) is 1. The second-order valence-corrected chi connectivity index (χ2v) is 6.52. The Hall–Kier alpha value is -1.30. The number of phenolic OH excluding ortho intramolecular Hbond substituents is 1. The molecule has 1 aromatic rings. The number of aryl methyl sites for hydroxylation is 1. The van der Waals surface area contributed by atoms with E-state index in [9.17, 15) is 5.11 Å². The average Bonchev–Trinajstić information content (AvgIpc) is 2.60. The zero-order valence-electron chi connectivity index (χ0n) is 13.4. The van der Waals surface area contributed by atoms with Gasteiger partial charge in [0, 0.05) is 12.1 Å². The van der Waals surface area contributed by atoms with Crippen LogP contribution in [0.4, 0.5) is 0 Å². The predicted octanol–water partition coefficient (Wildman–Crippen LogP) is 2.67. The Morgan fingerprint density at radius 2 is 1.81 bits per heavy atom. The molecule has 1 aromatic carbocycles. The minimum atomic E-state index is -0.486. The van der Waals surface area contributed by atoms with Gasteiger partial charge in [-0.05, 0) is 45.7 Å². The van der Waals surface area contributed by atoms with Crippen LogP contribution in [0, 0.1) is 6.92 Å². The maximum atomic E-state index is 10.1. The van der Waals surface area contributed by atoms with Crippen LogP contribution in [-0.2, 0) is 9.31 Å². The number of aromatic hydroxyl groups is 1. The first-order chi connectivity index (χ1) is 9.68. The van der Waals surface area contributed by atoms with Gasteiger partial charge in [0.15, 0.2) is 0 Å². The lowest BCUT2D eigenvalue weighted by Crippen LogP contribution is -2.41. The monoisotopic (exact) mass is 289 g/mol. The van der Waals surface area contributed by atoms with E-state index in [1.54, 1.807) is 0 Å². The van der Waals surface area contributed by atoms with Gasteiger partial charge in [-0.3, -0.25) is 0 Å². The summed E-state index contributed by atoms with van der Waals surface area (Å²) in [5, 5.41) is 10.1. The van der Waals surface area contributed by atoms with Gasteiger partial charge in [0.1, 0.15) is 5.75 Å². The standard InChI is InChI=1S/C16H24BNO3/c1-11-7-6-8-12(14(11)19)9-13(10-18)17-20-15(2,3)16(4,5)21-17/h6-9,19H,10,18H2,1-5H3. The van der Waals surface area contributed by atoms with E-state index >= 15 is 0 Å². The number of benzene rings is 1. The van der Waals surface area contributed by atoms with E-state index in [4.69, 9.17) is 15.0 Å². The molecule has 1 aliphatic heterocycles. The molecule has 2 rings (SSSR count). The summed E-state index contributed by atoms with van der Waals surface area (Å²) in [6.45, 7) is 10.2. The molecular weight excluding hydrogens is 265 g/mol. The molecule has 4 nitrogen and oxygen atoms in total. The third-order valence-corrected chi connectivity index (χ3v) is 4.40. The highest BCUT2D eigenvalue weighted by atomic mass is 16.7. The molecule has 3 N–H and O–H groups in total. The van der Waals surface area contributed by atoms with Gasteiger partial charge in [0.25, 0.3) is 0 Å². The van der Waals surface area contributed by atoms with Crippen molar-refractivity contribution in [1.29, 1.82) is 0 Å². The Balaban J connectivity index is 2.33. The van der Waals surface area contributed by atoms with Gasteiger partial charge in [0.2, 0.25) is 0 Å². The van der Waals surface area contributed by atoms with Crippen LogP contribution in [-0.4, -0.2) is 30.0 Å². The lowest BCUT2D eigenvalue weighted by atomic mass is 9.77. The normalized spacial score (nSPS) is 20.9. The Bertz CT molecular complexity index is 551. The molecule has 0 spiro atoms. The second-order valence-electron chi connectivity index (χ2n) is 6.52. The molecule has 5 heteroatoms. The summed E-state index contributed by atoms with van der Waals surface area (Å²) in [5.74, 6) is 0.264. The van der Waals surface area contributed by atoms with Crippen LogP contribution in [0.5, 0.6) is 5.75 Å². The molecule has 0 bridgehead atoms. The zero-order chi connectivity index (χ0) is 15.8. The molecule has 0 aliphatic carbocycles. The van der Waals surface area contributed by atoms with Crippen LogP contribution in [0.3, 0.4) is 0 Å². The molecule has 21 heavy (non-hydrogen) atoms. The molecule has 1 fully saturated rings. The molecule has 0 amide bonds. The highest BCUT2D eigenvalue weighted by Gasteiger charge is 2.52. The van der Waals surface area contributed by atoms with E-state index in [1.165, 1.54) is 0 Å². The first kappa shape index (κ1) is 16.1. The molecule has 0 unspecified atom stereocenters. The topological polar surface area (TPSA) is 64.7 Å². The van der Waals surface area contributed by atoms with Crippen molar-refractivity contribution < 1.29 is 14.4 Å². The fraction of sp³-hybridized carbons (Fsp3) is 0.500. The minimum Gasteiger partial charge on any atom is -0.507 e. The summed E-state index contributed by atoms with van der Waals surface area (Å²) in [7, 11) is -0.486. The molecule has 1 saturated heterocycles. The quantitative estimate of drug-likeness (QED) is 0.840. The van der Waals surface area contributed by atoms with Crippen LogP contribution >= 0.6 is 0 Å². The van der Waals surface area contributed by atoms with Crippen molar-refractivity contribution in [2.75, 3.05) is 6.54 Å². The largest absolute Gasteiger partial charge is 0.507 e. The first-order valence-corrected chi connectivity index (χ1v) is 7.23. The van der Waals surface area contributed by atoms with Crippen LogP contribution in [0.25, 0.3) is 6.08 Å². The fourth-order valence-corrected chi connectivity index (χ4v) is 2.22. The Kier molecular flexibility index (Phi) is 4.20. The molecule has 0 atom stereocenters. The van der Waals surface area contributed by atoms with E-state index < -0.39 is 18.3 Å². The molecule has 0 saturated carbocycles. The second kappa shape index (κ2) is 5.48. The van der Waals surface area contributed by atoms with Crippen molar-refractivity contribution in [2.45, 2.75) is 45.8 Å². The van der Waals surface area contributed by atoms with Crippen LogP contribution in [0.15, 0.2) is 23.7 Å². The number of hydrogen-bond donors (Lipinski definition) is 2. The van der Waals surface area contributed by atoms with Crippen LogP contribution < -0.4 is 5.73 Å². The third kappa shape index (κ3) is 3.00. The van der Waals surface area contributed by atoms with Crippen molar-refractivity contribution in [3.8, 4) is 5.75 Å². The summed E-state index contributed by atoms with van der Waals surface area (Å²) in [5.41, 5.74) is 7.42. The third-order valence-electron chi connectivity index (χ3n) is 4.40. The number of rotatable bonds is 3. The van der Waals surface area contributed by atoms with Crippen molar-refractivity contribution in [1.82, 2.24) is 0 Å². The van der Waals surface area contributed by atoms with Gasteiger partial charge in [-0.25, -0.2) is 0 Å². The van der Waals surface area contributed by atoms with Gasteiger partial charge < -0.3 is 20.1 Å². The van der Waals surface area contributed by atoms with E-state index in [0.29, 0.717) is 6.54 Å². The molecular formula is C16H24BNO3. The lowest BCUT2D eigenvalue weighted by Gasteiger charge is -2.32. The number of hydrogen-bond acceptors (Lipinski definition) is 4. The summed E-state index contributed by atoms with van der Waals surface area (Å²) in [6, 6.07) is 5.62. The fourth-order valence-electron chi connectivity index (χ4n) is 2.22. The highest BCUT2D eigenvalue weighted by Crippen LogP contribution is 2.39. The average molecular weight is 289 g/mol. The van der Waals surface area contributed by atoms with Crippen molar-refractivity contribution in [3.05, 3.63) is 34.8 Å². The van der Waals surface area contributed by atoms with Gasteiger partial charge in [0.05, 0.1) is 11.2 Å². The van der Waals surface area contributed by atoms with Gasteiger partial charge in [-0.15, -0.1) is 0 Å². The zero-order valence-corrected chi connectivity index (χ0v) is 13.4. The van der Waals surface area contributed by atoms with Crippen molar-refractivity contribution >= 4 is 13.2 Å². The lowest BCUT2D eigenvalue weighted by molar-refractivity contribution is 0.00578. The maximum absolute atomic E-state index is 10.1. The van der Waals surface area contributed by atoms with Crippen LogP contribution in [0.2, 0.25) is 0 Å². The minimum absolute atomic E-state index is 0.264. The summed E-state index contributed by atoms with van der Waals surface area (Å²) in [6.07, 6.45) is 1.85.